The Kier molecular flexibility index (Phi) is 4.27. The smallest absolute Gasteiger partial charge is 0.265 e. The third kappa shape index (κ3) is 2.61. The van der Waals surface area contributed by atoms with E-state index in [2.05, 4.69) is 0 Å². The summed E-state index contributed by atoms with van der Waals surface area (Å²) in [6.45, 7) is 6.38. The lowest BCUT2D eigenvalue weighted by molar-refractivity contribution is -0.121. The molecule has 1 aliphatic rings. The van der Waals surface area contributed by atoms with Crippen LogP contribution in [0.4, 0.5) is 5.69 Å². The number of carbonyl (C=O) groups excluding carboxylic acids is 2. The van der Waals surface area contributed by atoms with E-state index in [4.69, 9.17) is 9.47 Å². The summed E-state index contributed by atoms with van der Waals surface area (Å²) >= 11 is 0. The Bertz CT molecular complexity index is 525. The zero-order chi connectivity index (χ0) is 14.7. The number of carbonyl (C=O) groups is 2. The molecular weight excluding hydrogens is 258 g/mol. The Labute approximate surface area is 118 Å². The van der Waals surface area contributed by atoms with E-state index in [1.807, 2.05) is 20.8 Å². The zero-order valence-electron chi connectivity index (χ0n) is 12.0. The van der Waals surface area contributed by atoms with Crippen LogP contribution in [0.5, 0.6) is 11.5 Å². The van der Waals surface area contributed by atoms with Crippen molar-refractivity contribution in [3.63, 3.8) is 0 Å². The molecule has 0 saturated carbocycles. The third-order valence-corrected chi connectivity index (χ3v) is 3.04. The van der Waals surface area contributed by atoms with E-state index in [-0.39, 0.29) is 18.6 Å². The second-order valence-electron chi connectivity index (χ2n) is 4.98. The molecule has 0 fully saturated rings. The monoisotopic (exact) mass is 277 g/mol. The van der Waals surface area contributed by atoms with E-state index in [1.165, 1.54) is 0 Å². The number of anilines is 1. The molecule has 1 aromatic rings. The highest BCUT2D eigenvalue weighted by atomic mass is 16.5. The van der Waals surface area contributed by atoms with Crippen LogP contribution in [0.25, 0.3) is 0 Å². The average Bonchev–Trinajstić information content (AvgIpc) is 2.43. The Morgan fingerprint density at radius 3 is 2.80 bits per heavy atom. The van der Waals surface area contributed by atoms with Crippen molar-refractivity contribution in [2.45, 2.75) is 33.2 Å². The van der Waals surface area contributed by atoms with Gasteiger partial charge in [0.15, 0.2) is 18.1 Å². The largest absolute Gasteiger partial charge is 0.490 e. The van der Waals surface area contributed by atoms with Gasteiger partial charge in [0, 0.05) is 11.6 Å². The highest BCUT2D eigenvalue weighted by molar-refractivity contribution is 6.00. The third-order valence-electron chi connectivity index (χ3n) is 3.04. The van der Waals surface area contributed by atoms with Crippen LogP contribution in [0, 0.1) is 0 Å². The van der Waals surface area contributed by atoms with Crippen LogP contribution in [-0.4, -0.2) is 31.4 Å². The topological polar surface area (TPSA) is 55.8 Å². The van der Waals surface area contributed by atoms with Crippen LogP contribution in [0.3, 0.4) is 0 Å². The molecule has 5 heteroatoms. The molecule has 20 heavy (non-hydrogen) atoms. The highest BCUT2D eigenvalue weighted by Gasteiger charge is 2.30. The molecule has 0 N–H and O–H groups in total. The fraction of sp³-hybridized carbons (Fsp3) is 0.467. The lowest BCUT2D eigenvalue weighted by Crippen LogP contribution is -2.43. The summed E-state index contributed by atoms with van der Waals surface area (Å²) in [5.41, 5.74) is 1.07. The van der Waals surface area contributed by atoms with Crippen molar-refractivity contribution in [1.82, 2.24) is 0 Å². The highest BCUT2D eigenvalue weighted by Crippen LogP contribution is 2.42. The second kappa shape index (κ2) is 5.94. The second-order valence-corrected chi connectivity index (χ2v) is 4.98. The number of hydrogen-bond donors (Lipinski definition) is 0. The molecule has 0 spiro atoms. The van der Waals surface area contributed by atoms with Gasteiger partial charge in [-0.1, -0.05) is 6.92 Å². The maximum absolute atomic E-state index is 12.0. The molecule has 1 amide bonds. The van der Waals surface area contributed by atoms with Crippen molar-refractivity contribution >= 4 is 17.9 Å². The molecule has 108 valence electrons. The van der Waals surface area contributed by atoms with Crippen molar-refractivity contribution < 1.29 is 19.1 Å². The maximum Gasteiger partial charge on any atom is 0.265 e. The first kappa shape index (κ1) is 14.4. The van der Waals surface area contributed by atoms with Crippen molar-refractivity contribution in [3.05, 3.63) is 17.7 Å². The first-order valence-electron chi connectivity index (χ1n) is 6.79. The van der Waals surface area contributed by atoms with Gasteiger partial charge in [-0.05, 0) is 32.4 Å². The molecule has 1 aliphatic heterocycles. The Hall–Kier alpha value is -2.04. The molecular formula is C15H19NO4. The average molecular weight is 277 g/mol. The van der Waals surface area contributed by atoms with Gasteiger partial charge in [0.25, 0.3) is 5.91 Å². The van der Waals surface area contributed by atoms with Crippen LogP contribution in [0.1, 0.15) is 37.6 Å². The molecule has 5 nitrogen and oxygen atoms in total. The van der Waals surface area contributed by atoms with Crippen molar-refractivity contribution in [2.24, 2.45) is 0 Å². The van der Waals surface area contributed by atoms with E-state index in [0.717, 1.165) is 12.7 Å². The Balaban J connectivity index is 2.52. The first-order chi connectivity index (χ1) is 9.58. The minimum atomic E-state index is -0.114. The normalized spacial score (nSPS) is 14.0. The maximum atomic E-state index is 12.0. The lowest BCUT2D eigenvalue weighted by Gasteiger charge is -2.33. The molecule has 0 aliphatic carbocycles. The van der Waals surface area contributed by atoms with E-state index in [1.54, 1.807) is 17.0 Å². The van der Waals surface area contributed by atoms with Crippen LogP contribution in [-0.2, 0) is 4.79 Å². The summed E-state index contributed by atoms with van der Waals surface area (Å²) in [6.07, 6.45) is 1.60. The molecule has 2 rings (SSSR count). The van der Waals surface area contributed by atoms with Crippen molar-refractivity contribution in [3.8, 4) is 11.5 Å². The molecule has 0 aromatic heterocycles. The summed E-state index contributed by atoms with van der Waals surface area (Å²) in [5.74, 6) is 0.943. The van der Waals surface area contributed by atoms with Crippen molar-refractivity contribution in [1.29, 1.82) is 0 Å². The first-order valence-corrected chi connectivity index (χ1v) is 6.79. The van der Waals surface area contributed by atoms with Crippen LogP contribution in [0.15, 0.2) is 12.1 Å². The fourth-order valence-electron chi connectivity index (χ4n) is 2.22. The van der Waals surface area contributed by atoms with Gasteiger partial charge >= 0.3 is 0 Å². The number of benzene rings is 1. The van der Waals surface area contributed by atoms with E-state index in [0.29, 0.717) is 29.4 Å². The number of nitrogens with zero attached hydrogens (tertiary/aromatic N) is 1. The SMILES string of the molecule is CCCOc1cc(C=O)cc2c1OCC(=O)N2C(C)C. The van der Waals surface area contributed by atoms with Gasteiger partial charge in [0.05, 0.1) is 12.3 Å². The number of hydrogen-bond acceptors (Lipinski definition) is 4. The Morgan fingerprint density at radius 2 is 2.20 bits per heavy atom. The van der Waals surface area contributed by atoms with Gasteiger partial charge in [-0.3, -0.25) is 9.59 Å². The standard InChI is InChI=1S/C15H19NO4/c1-4-5-19-13-7-11(8-17)6-12-15(13)20-9-14(18)16(12)10(2)3/h6-8,10H,4-5,9H2,1-3H3. The summed E-state index contributed by atoms with van der Waals surface area (Å²) in [4.78, 5) is 24.7. The Morgan fingerprint density at radius 1 is 1.45 bits per heavy atom. The van der Waals surface area contributed by atoms with E-state index in [9.17, 15) is 9.59 Å². The molecule has 0 radical (unpaired) electrons. The van der Waals surface area contributed by atoms with Crippen LogP contribution >= 0.6 is 0 Å². The summed E-state index contributed by atoms with van der Waals surface area (Å²) in [7, 11) is 0. The van der Waals surface area contributed by atoms with Gasteiger partial charge in [0.2, 0.25) is 0 Å². The van der Waals surface area contributed by atoms with Gasteiger partial charge in [-0.15, -0.1) is 0 Å². The molecule has 1 heterocycles. The quantitative estimate of drug-likeness (QED) is 0.776. The van der Waals surface area contributed by atoms with Crippen LogP contribution < -0.4 is 14.4 Å². The summed E-state index contributed by atoms with van der Waals surface area (Å²) in [6, 6.07) is 3.31. The molecule has 1 aromatic carbocycles. The van der Waals surface area contributed by atoms with Gasteiger partial charge < -0.3 is 14.4 Å². The van der Waals surface area contributed by atoms with Gasteiger partial charge in [-0.25, -0.2) is 0 Å². The molecule has 0 atom stereocenters. The number of fused-ring (bicyclic) bond motifs is 1. The minimum absolute atomic E-state index is 0.00585. The predicted octanol–water partition coefficient (Wildman–Crippen LogP) is 2.42. The minimum Gasteiger partial charge on any atom is -0.490 e. The number of rotatable bonds is 5. The van der Waals surface area contributed by atoms with E-state index >= 15 is 0 Å². The summed E-state index contributed by atoms with van der Waals surface area (Å²) < 4.78 is 11.1. The summed E-state index contributed by atoms with van der Waals surface area (Å²) in [5, 5.41) is 0. The molecule has 0 unspecified atom stereocenters. The predicted molar refractivity (Wildman–Crippen MR) is 75.7 cm³/mol. The van der Waals surface area contributed by atoms with Crippen LogP contribution in [0.2, 0.25) is 0 Å². The van der Waals surface area contributed by atoms with Gasteiger partial charge in [0.1, 0.15) is 6.29 Å². The molecule has 0 bridgehead atoms. The van der Waals surface area contributed by atoms with E-state index < -0.39 is 0 Å². The lowest BCUT2D eigenvalue weighted by atomic mass is 10.1. The number of aldehydes is 1. The van der Waals surface area contributed by atoms with Crippen molar-refractivity contribution in [2.75, 3.05) is 18.1 Å². The van der Waals surface area contributed by atoms with Gasteiger partial charge in [-0.2, -0.15) is 0 Å². The number of amides is 1. The molecule has 0 saturated heterocycles. The fourth-order valence-corrected chi connectivity index (χ4v) is 2.22. The number of ether oxygens (including phenoxy) is 2. The zero-order valence-corrected chi connectivity index (χ0v) is 12.0.